The van der Waals surface area contributed by atoms with Crippen LogP contribution in [-0.4, -0.2) is 21.9 Å². The highest BCUT2D eigenvalue weighted by Crippen LogP contribution is 2.17. The van der Waals surface area contributed by atoms with Crippen LogP contribution in [0.25, 0.3) is 0 Å². The summed E-state index contributed by atoms with van der Waals surface area (Å²) < 4.78 is 7.06. The molecule has 0 aliphatic carbocycles. The summed E-state index contributed by atoms with van der Waals surface area (Å²) >= 11 is 0. The number of hydrogen-bond donors (Lipinski definition) is 0. The van der Waals surface area contributed by atoms with Crippen LogP contribution in [0.1, 0.15) is 10.4 Å². The summed E-state index contributed by atoms with van der Waals surface area (Å²) in [6.07, 6.45) is 3.49. The second-order valence-electron chi connectivity index (χ2n) is 4.03. The first kappa shape index (κ1) is 12.8. The van der Waals surface area contributed by atoms with Crippen molar-refractivity contribution in [2.75, 3.05) is 6.61 Å². The van der Waals surface area contributed by atoms with E-state index in [1.54, 1.807) is 23.0 Å². The molecule has 6 nitrogen and oxygen atoms in total. The molecule has 0 spiro atoms. The molecule has 19 heavy (non-hydrogen) atoms. The zero-order chi connectivity index (χ0) is 13.8. The summed E-state index contributed by atoms with van der Waals surface area (Å²) in [5.41, 5.74) is 0.561. The Morgan fingerprint density at radius 1 is 1.32 bits per heavy atom. The Kier molecular flexibility index (Phi) is 3.61. The van der Waals surface area contributed by atoms with Crippen LogP contribution in [-0.2, 0) is 7.05 Å². The van der Waals surface area contributed by atoms with Crippen molar-refractivity contribution in [2.24, 2.45) is 7.05 Å². The number of ether oxygens (including phenoxy) is 1. The number of aromatic nitrogens is 1. The molecule has 0 atom stereocenters. The molecular weight excluding hydrogens is 248 g/mol. The second kappa shape index (κ2) is 5.34. The lowest BCUT2D eigenvalue weighted by Crippen LogP contribution is -2.10. The number of aryl methyl sites for hydroxylation is 1. The molecule has 0 amide bonds. The Hall–Kier alpha value is -2.63. The van der Waals surface area contributed by atoms with Crippen molar-refractivity contribution in [1.29, 1.82) is 0 Å². The van der Waals surface area contributed by atoms with Gasteiger partial charge in [-0.05, 0) is 18.2 Å². The van der Waals surface area contributed by atoms with Crippen LogP contribution in [0.15, 0.2) is 42.7 Å². The number of ketones is 1. The number of carbonyl (C=O) groups is 1. The van der Waals surface area contributed by atoms with Crippen molar-refractivity contribution in [2.45, 2.75) is 0 Å². The number of hydrogen-bond acceptors (Lipinski definition) is 4. The van der Waals surface area contributed by atoms with E-state index in [1.807, 2.05) is 7.05 Å². The monoisotopic (exact) mass is 260 g/mol. The Morgan fingerprint density at radius 3 is 2.53 bits per heavy atom. The molecular formula is C13H12N2O4. The molecule has 0 N–H and O–H groups in total. The maximum absolute atomic E-state index is 11.8. The summed E-state index contributed by atoms with van der Waals surface area (Å²) in [6.45, 7) is -0.0954. The lowest BCUT2D eigenvalue weighted by molar-refractivity contribution is -0.384. The first-order chi connectivity index (χ1) is 9.06. The number of Topliss-reactive ketones (excluding diaryl/α,β-unsaturated/α-hetero) is 1. The summed E-state index contributed by atoms with van der Waals surface area (Å²) in [5, 5.41) is 10.5. The Labute approximate surface area is 109 Å². The van der Waals surface area contributed by atoms with Gasteiger partial charge in [0, 0.05) is 37.1 Å². The minimum atomic E-state index is -0.487. The van der Waals surface area contributed by atoms with E-state index in [9.17, 15) is 14.9 Å². The molecule has 0 radical (unpaired) electrons. The van der Waals surface area contributed by atoms with Gasteiger partial charge in [0.25, 0.3) is 5.69 Å². The van der Waals surface area contributed by atoms with Crippen molar-refractivity contribution in [3.63, 3.8) is 0 Å². The van der Waals surface area contributed by atoms with Gasteiger partial charge in [0.05, 0.1) is 4.92 Å². The van der Waals surface area contributed by atoms with Gasteiger partial charge < -0.3 is 9.30 Å². The standard InChI is InChI=1S/C13H12N2O4/c1-14-7-6-10(8-14)13(16)9-19-12-4-2-11(3-5-12)15(17)18/h2-8H,9H2,1H3. The van der Waals surface area contributed by atoms with Gasteiger partial charge in [-0.15, -0.1) is 0 Å². The Bertz CT molecular complexity index is 601. The van der Waals surface area contributed by atoms with Gasteiger partial charge in [-0.3, -0.25) is 14.9 Å². The minimum absolute atomic E-state index is 0.0123. The lowest BCUT2D eigenvalue weighted by Gasteiger charge is -2.04. The lowest BCUT2D eigenvalue weighted by atomic mass is 10.2. The summed E-state index contributed by atoms with van der Waals surface area (Å²) in [4.78, 5) is 21.7. The zero-order valence-corrected chi connectivity index (χ0v) is 10.3. The van der Waals surface area contributed by atoms with Crippen LogP contribution in [0.3, 0.4) is 0 Å². The zero-order valence-electron chi connectivity index (χ0n) is 10.3. The first-order valence-corrected chi connectivity index (χ1v) is 5.58. The average molecular weight is 260 g/mol. The fourth-order valence-corrected chi connectivity index (χ4v) is 1.56. The molecule has 1 aromatic carbocycles. The third-order valence-electron chi connectivity index (χ3n) is 2.57. The van der Waals surface area contributed by atoms with E-state index < -0.39 is 4.92 Å². The van der Waals surface area contributed by atoms with E-state index in [2.05, 4.69) is 0 Å². The molecule has 0 bridgehead atoms. The number of carbonyl (C=O) groups excluding carboxylic acids is 1. The van der Waals surface area contributed by atoms with E-state index in [1.165, 1.54) is 24.3 Å². The molecule has 6 heteroatoms. The predicted octanol–water partition coefficient (Wildman–Crippen LogP) is 2.20. The molecule has 1 heterocycles. The van der Waals surface area contributed by atoms with Gasteiger partial charge in [0.2, 0.25) is 5.78 Å². The third kappa shape index (κ3) is 3.19. The smallest absolute Gasteiger partial charge is 0.269 e. The van der Waals surface area contributed by atoms with E-state index >= 15 is 0 Å². The largest absolute Gasteiger partial charge is 0.485 e. The minimum Gasteiger partial charge on any atom is -0.485 e. The third-order valence-corrected chi connectivity index (χ3v) is 2.57. The molecule has 0 saturated carbocycles. The van der Waals surface area contributed by atoms with Gasteiger partial charge in [0.15, 0.2) is 6.61 Å². The molecule has 0 unspecified atom stereocenters. The molecule has 0 aliphatic heterocycles. The summed E-state index contributed by atoms with van der Waals surface area (Å²) in [5.74, 6) is 0.286. The second-order valence-corrected chi connectivity index (χ2v) is 4.03. The molecule has 98 valence electrons. The fraction of sp³-hybridized carbons (Fsp3) is 0.154. The Balaban J connectivity index is 1.95. The Morgan fingerprint density at radius 2 is 2.00 bits per heavy atom. The maximum atomic E-state index is 11.8. The number of non-ortho nitro benzene ring substituents is 1. The number of nitrogens with zero attached hydrogens (tertiary/aromatic N) is 2. The van der Waals surface area contributed by atoms with Gasteiger partial charge >= 0.3 is 0 Å². The van der Waals surface area contributed by atoms with Gasteiger partial charge in [-0.1, -0.05) is 0 Å². The SMILES string of the molecule is Cn1ccc(C(=O)COc2ccc([N+](=O)[O-])cc2)c1. The average Bonchev–Trinajstić information content (AvgIpc) is 2.83. The van der Waals surface area contributed by atoms with Crippen LogP contribution in [0.2, 0.25) is 0 Å². The molecule has 2 aromatic rings. The van der Waals surface area contributed by atoms with Crippen molar-refractivity contribution in [3.05, 3.63) is 58.4 Å². The van der Waals surface area contributed by atoms with Gasteiger partial charge in [-0.25, -0.2) is 0 Å². The van der Waals surface area contributed by atoms with Crippen LogP contribution >= 0.6 is 0 Å². The number of nitro benzene ring substituents is 1. The maximum Gasteiger partial charge on any atom is 0.269 e. The summed E-state index contributed by atoms with van der Waals surface area (Å²) in [6, 6.07) is 7.32. The van der Waals surface area contributed by atoms with Crippen LogP contribution in [0.4, 0.5) is 5.69 Å². The quantitative estimate of drug-likeness (QED) is 0.469. The highest BCUT2D eigenvalue weighted by Gasteiger charge is 2.09. The van der Waals surface area contributed by atoms with Crippen molar-refractivity contribution < 1.29 is 14.5 Å². The summed E-state index contributed by atoms with van der Waals surface area (Å²) in [7, 11) is 1.83. The predicted molar refractivity (Wildman–Crippen MR) is 68.3 cm³/mol. The number of rotatable bonds is 5. The van der Waals surface area contributed by atoms with E-state index in [0.29, 0.717) is 11.3 Å². The molecule has 0 aliphatic rings. The molecule has 0 saturated heterocycles. The molecule has 2 rings (SSSR count). The van der Waals surface area contributed by atoms with Crippen molar-refractivity contribution in [1.82, 2.24) is 4.57 Å². The molecule has 0 fully saturated rings. The van der Waals surface area contributed by atoms with Crippen molar-refractivity contribution >= 4 is 11.5 Å². The number of benzene rings is 1. The topological polar surface area (TPSA) is 74.4 Å². The highest BCUT2D eigenvalue weighted by molar-refractivity contribution is 5.97. The van der Waals surface area contributed by atoms with E-state index in [-0.39, 0.29) is 18.1 Å². The van der Waals surface area contributed by atoms with Crippen molar-refractivity contribution in [3.8, 4) is 5.75 Å². The van der Waals surface area contributed by atoms with Crippen LogP contribution < -0.4 is 4.74 Å². The normalized spacial score (nSPS) is 10.2. The van der Waals surface area contributed by atoms with Crippen LogP contribution in [0.5, 0.6) is 5.75 Å². The van der Waals surface area contributed by atoms with Crippen LogP contribution in [0, 0.1) is 10.1 Å². The van der Waals surface area contributed by atoms with E-state index in [0.717, 1.165) is 0 Å². The highest BCUT2D eigenvalue weighted by atomic mass is 16.6. The number of nitro groups is 1. The van der Waals surface area contributed by atoms with Gasteiger partial charge in [-0.2, -0.15) is 0 Å². The molecule has 1 aromatic heterocycles. The van der Waals surface area contributed by atoms with Gasteiger partial charge in [0.1, 0.15) is 5.75 Å². The van der Waals surface area contributed by atoms with E-state index in [4.69, 9.17) is 4.74 Å². The first-order valence-electron chi connectivity index (χ1n) is 5.58. The fourth-order valence-electron chi connectivity index (χ4n) is 1.56.